The van der Waals surface area contributed by atoms with Crippen LogP contribution in [0.25, 0.3) is 83.6 Å². The van der Waals surface area contributed by atoms with E-state index in [9.17, 15) is 0 Å². The summed E-state index contributed by atoms with van der Waals surface area (Å²) in [4.78, 5) is 15.2. The van der Waals surface area contributed by atoms with E-state index in [1.54, 1.807) is 0 Å². The summed E-state index contributed by atoms with van der Waals surface area (Å²) in [6, 6.07) is 63.4. The highest BCUT2D eigenvalue weighted by molar-refractivity contribution is 6.24. The van der Waals surface area contributed by atoms with Gasteiger partial charge in [0.15, 0.2) is 23.2 Å². The number of para-hydroxylation sites is 2. The van der Waals surface area contributed by atoms with Gasteiger partial charge in [0.05, 0.1) is 11.0 Å². The van der Waals surface area contributed by atoms with E-state index in [0.29, 0.717) is 17.5 Å². The zero-order valence-corrected chi connectivity index (χ0v) is 31.5. The van der Waals surface area contributed by atoms with Gasteiger partial charge < -0.3 is 9.30 Å². The summed E-state index contributed by atoms with van der Waals surface area (Å²) in [5, 5.41) is 4.80. The Bertz CT molecular complexity index is 3170. The number of aromatic nitrogens is 4. The Morgan fingerprint density at radius 3 is 1.74 bits per heavy atom. The smallest absolute Gasteiger partial charge is 0.164 e. The molecule has 0 fully saturated rings. The van der Waals surface area contributed by atoms with Crippen LogP contribution in [0.3, 0.4) is 0 Å². The molecule has 3 heterocycles. The molecule has 0 atom stereocenters. The van der Waals surface area contributed by atoms with Crippen molar-refractivity contribution in [3.63, 3.8) is 0 Å². The van der Waals surface area contributed by atoms with E-state index in [1.165, 1.54) is 32.7 Å². The van der Waals surface area contributed by atoms with E-state index < -0.39 is 0 Å². The van der Waals surface area contributed by atoms with Gasteiger partial charge in [0.25, 0.3) is 0 Å². The zero-order valence-electron chi connectivity index (χ0n) is 31.5. The van der Waals surface area contributed by atoms with Gasteiger partial charge in [0.1, 0.15) is 5.75 Å². The molecule has 5 heteroatoms. The van der Waals surface area contributed by atoms with Crippen molar-refractivity contribution in [2.75, 3.05) is 0 Å². The first-order chi connectivity index (χ1) is 28.0. The molecule has 10 aromatic rings. The Balaban J connectivity index is 1.10. The van der Waals surface area contributed by atoms with Crippen LogP contribution in [0.2, 0.25) is 0 Å². The number of nitrogens with zero attached hydrogens (tertiary/aromatic N) is 4. The summed E-state index contributed by atoms with van der Waals surface area (Å²) >= 11 is 0. The number of rotatable bonds is 5. The van der Waals surface area contributed by atoms with Crippen LogP contribution in [-0.4, -0.2) is 19.5 Å². The van der Waals surface area contributed by atoms with Gasteiger partial charge in [-0.05, 0) is 64.4 Å². The minimum Gasteiger partial charge on any atom is -0.454 e. The van der Waals surface area contributed by atoms with Gasteiger partial charge in [-0.25, -0.2) is 15.0 Å². The molecule has 0 saturated carbocycles. The summed E-state index contributed by atoms with van der Waals surface area (Å²) in [6.45, 7) is 4.63. The second-order valence-corrected chi connectivity index (χ2v) is 15.2. The summed E-state index contributed by atoms with van der Waals surface area (Å²) < 4.78 is 9.39. The van der Waals surface area contributed by atoms with Crippen LogP contribution < -0.4 is 4.74 Å². The lowest BCUT2D eigenvalue weighted by Gasteiger charge is -2.36. The molecule has 0 saturated heterocycles. The molecule has 0 bridgehead atoms. The largest absolute Gasteiger partial charge is 0.454 e. The normalized spacial score (nSPS) is 13.0. The zero-order chi connectivity index (χ0) is 38.1. The van der Waals surface area contributed by atoms with E-state index in [4.69, 9.17) is 19.7 Å². The van der Waals surface area contributed by atoms with E-state index in [-0.39, 0.29) is 5.41 Å². The third-order valence-corrected chi connectivity index (χ3v) is 11.5. The molecule has 0 amide bonds. The van der Waals surface area contributed by atoms with Gasteiger partial charge in [-0.2, -0.15) is 0 Å². The quantitative estimate of drug-likeness (QED) is 0.177. The topological polar surface area (TPSA) is 52.8 Å². The van der Waals surface area contributed by atoms with Crippen molar-refractivity contribution in [1.82, 2.24) is 19.5 Å². The summed E-state index contributed by atoms with van der Waals surface area (Å²) in [5.41, 5.74) is 10.3. The van der Waals surface area contributed by atoms with Gasteiger partial charge in [0, 0.05) is 49.7 Å². The Labute approximate surface area is 330 Å². The van der Waals surface area contributed by atoms with Crippen LogP contribution in [0.5, 0.6) is 11.5 Å². The number of benzene rings is 8. The second kappa shape index (κ2) is 12.9. The van der Waals surface area contributed by atoms with Gasteiger partial charge >= 0.3 is 0 Å². The molecule has 0 unspecified atom stereocenters. The Hall–Kier alpha value is -7.37. The second-order valence-electron chi connectivity index (χ2n) is 15.2. The summed E-state index contributed by atoms with van der Waals surface area (Å²) in [6.07, 6.45) is 0. The fraction of sp³-hybridized carbons (Fsp3) is 0.0577. The van der Waals surface area contributed by atoms with Crippen LogP contribution in [0, 0.1) is 0 Å². The van der Waals surface area contributed by atoms with Crippen molar-refractivity contribution in [3.05, 3.63) is 193 Å². The van der Waals surface area contributed by atoms with Crippen LogP contribution in [0.1, 0.15) is 25.0 Å². The third kappa shape index (κ3) is 5.27. The van der Waals surface area contributed by atoms with Crippen LogP contribution >= 0.6 is 0 Å². The third-order valence-electron chi connectivity index (χ3n) is 11.5. The highest BCUT2D eigenvalue weighted by Crippen LogP contribution is 2.55. The predicted molar refractivity (Wildman–Crippen MR) is 232 cm³/mol. The molecule has 0 spiro atoms. The lowest BCUT2D eigenvalue weighted by Crippen LogP contribution is -2.25. The molecule has 1 aliphatic rings. The minimum atomic E-state index is -0.295. The molecule has 11 rings (SSSR count). The molecular formula is C52H36N4O. The summed E-state index contributed by atoms with van der Waals surface area (Å²) in [7, 11) is 0. The average molecular weight is 733 g/mol. The molecule has 1 aliphatic heterocycles. The molecule has 2 aromatic heterocycles. The predicted octanol–water partition coefficient (Wildman–Crippen LogP) is 13.2. The van der Waals surface area contributed by atoms with Gasteiger partial charge in [-0.1, -0.05) is 153 Å². The van der Waals surface area contributed by atoms with Gasteiger partial charge in [-0.15, -0.1) is 0 Å². The number of hydrogen-bond acceptors (Lipinski definition) is 4. The van der Waals surface area contributed by atoms with Crippen molar-refractivity contribution >= 4 is 32.6 Å². The van der Waals surface area contributed by atoms with Crippen molar-refractivity contribution in [1.29, 1.82) is 0 Å². The van der Waals surface area contributed by atoms with E-state index in [0.717, 1.165) is 56.0 Å². The first kappa shape index (κ1) is 33.0. The molecule has 5 nitrogen and oxygen atoms in total. The Morgan fingerprint density at radius 2 is 1.00 bits per heavy atom. The molecule has 57 heavy (non-hydrogen) atoms. The van der Waals surface area contributed by atoms with Crippen LogP contribution in [0.4, 0.5) is 0 Å². The monoisotopic (exact) mass is 732 g/mol. The van der Waals surface area contributed by atoms with Crippen molar-refractivity contribution in [2.45, 2.75) is 19.3 Å². The van der Waals surface area contributed by atoms with Gasteiger partial charge in [-0.3, -0.25) is 0 Å². The average Bonchev–Trinajstić information content (AvgIpc) is 3.63. The molecule has 0 radical (unpaired) electrons. The Morgan fingerprint density at radius 1 is 0.456 bits per heavy atom. The highest BCUT2D eigenvalue weighted by atomic mass is 16.5. The number of hydrogen-bond donors (Lipinski definition) is 0. The molecular weight excluding hydrogens is 697 g/mol. The van der Waals surface area contributed by atoms with Crippen LogP contribution in [0.15, 0.2) is 182 Å². The van der Waals surface area contributed by atoms with Crippen LogP contribution in [-0.2, 0) is 5.41 Å². The lowest BCUT2D eigenvalue weighted by atomic mass is 9.73. The fourth-order valence-corrected chi connectivity index (χ4v) is 8.77. The van der Waals surface area contributed by atoms with E-state index >= 15 is 0 Å². The first-order valence-electron chi connectivity index (χ1n) is 19.4. The Kier molecular flexibility index (Phi) is 7.45. The first-order valence-corrected chi connectivity index (χ1v) is 19.4. The fourth-order valence-electron chi connectivity index (χ4n) is 8.77. The van der Waals surface area contributed by atoms with Crippen molar-refractivity contribution < 1.29 is 4.74 Å². The maximum Gasteiger partial charge on any atom is 0.164 e. The maximum absolute atomic E-state index is 7.02. The van der Waals surface area contributed by atoms with Crippen molar-refractivity contribution in [2.24, 2.45) is 0 Å². The van der Waals surface area contributed by atoms with Gasteiger partial charge in [0.2, 0.25) is 0 Å². The molecule has 8 aromatic carbocycles. The minimum absolute atomic E-state index is 0.295. The molecule has 0 N–H and O–H groups in total. The molecule has 270 valence electrons. The molecule has 0 aliphatic carbocycles. The lowest BCUT2D eigenvalue weighted by molar-refractivity contribution is 0.424. The standard InChI is InChI=1S/C52H36N4O/c1-52(2)42-25-12-14-27-44(42)57-48-46(52)40-23-10-9-22-39(40)45-41-24-11-13-26-43(41)56(47(45)48)38-30-28-35(29-31-38)50-53-49(34-18-7-4-8-19-34)54-51(55-50)37-21-15-20-36(32-37)33-16-5-3-6-17-33/h3-32H,1-2H3. The maximum atomic E-state index is 7.02. The highest BCUT2D eigenvalue weighted by Gasteiger charge is 2.38. The number of ether oxygens (including phenoxy) is 1. The van der Waals surface area contributed by atoms with E-state index in [2.05, 4.69) is 164 Å². The van der Waals surface area contributed by atoms with E-state index in [1.807, 2.05) is 36.4 Å². The van der Waals surface area contributed by atoms with Crippen molar-refractivity contribution in [3.8, 4) is 62.5 Å². The SMILES string of the molecule is CC1(C)c2ccccc2Oc2c1c1ccccc1c1c3ccccc3n(-c3ccc(-c4nc(-c5ccccc5)nc(-c5cccc(-c6ccccc6)c5)n4)cc3)c21. The number of fused-ring (bicyclic) bond motifs is 9. The summed E-state index contributed by atoms with van der Waals surface area (Å²) in [5.74, 6) is 3.67.